The van der Waals surface area contributed by atoms with Crippen LogP contribution in [0.4, 0.5) is 0 Å². The van der Waals surface area contributed by atoms with Gasteiger partial charge in [0.15, 0.2) is 0 Å². The van der Waals surface area contributed by atoms with E-state index >= 15 is 0 Å². The lowest BCUT2D eigenvalue weighted by atomic mass is 9.93. The van der Waals surface area contributed by atoms with E-state index in [1.54, 1.807) is 0 Å². The highest BCUT2D eigenvalue weighted by molar-refractivity contribution is 5.80. The van der Waals surface area contributed by atoms with Crippen LogP contribution in [-0.4, -0.2) is 37.2 Å². The van der Waals surface area contributed by atoms with Gasteiger partial charge in [0.05, 0.1) is 19.1 Å². The van der Waals surface area contributed by atoms with Gasteiger partial charge in [-0.05, 0) is 32.7 Å². The monoisotopic (exact) mass is 256 g/mol. The van der Waals surface area contributed by atoms with Crippen LogP contribution in [0.5, 0.6) is 0 Å². The van der Waals surface area contributed by atoms with Crippen LogP contribution < -0.4 is 10.6 Å². The Balaban J connectivity index is 2.54. The zero-order chi connectivity index (χ0) is 13.6. The fourth-order valence-corrected chi connectivity index (χ4v) is 2.16. The van der Waals surface area contributed by atoms with Crippen molar-refractivity contribution in [2.24, 2.45) is 5.92 Å². The van der Waals surface area contributed by atoms with Crippen molar-refractivity contribution in [1.82, 2.24) is 10.6 Å². The summed E-state index contributed by atoms with van der Waals surface area (Å²) in [4.78, 5) is 12.3. The summed E-state index contributed by atoms with van der Waals surface area (Å²) in [6, 6.07) is 0.169. The van der Waals surface area contributed by atoms with Gasteiger partial charge in [-0.3, -0.25) is 4.79 Å². The van der Waals surface area contributed by atoms with Crippen LogP contribution in [-0.2, 0) is 9.53 Å². The molecule has 0 aromatic heterocycles. The zero-order valence-corrected chi connectivity index (χ0v) is 12.2. The molecule has 1 aliphatic heterocycles. The maximum Gasteiger partial charge on any atom is 0.227 e. The number of amides is 1. The Labute approximate surface area is 111 Å². The van der Waals surface area contributed by atoms with Gasteiger partial charge in [0.2, 0.25) is 5.91 Å². The number of hydrogen-bond donors (Lipinski definition) is 2. The van der Waals surface area contributed by atoms with E-state index in [0.717, 1.165) is 25.8 Å². The van der Waals surface area contributed by atoms with E-state index in [2.05, 4.69) is 38.3 Å². The molecule has 4 nitrogen and oxygen atoms in total. The Bertz CT molecular complexity index is 265. The van der Waals surface area contributed by atoms with Crippen molar-refractivity contribution in [2.45, 2.75) is 58.5 Å². The smallest absolute Gasteiger partial charge is 0.227 e. The third-order valence-corrected chi connectivity index (χ3v) is 4.06. The van der Waals surface area contributed by atoms with E-state index in [0.29, 0.717) is 13.2 Å². The molecule has 18 heavy (non-hydrogen) atoms. The lowest BCUT2D eigenvalue weighted by molar-refractivity contribution is -0.127. The molecule has 4 heteroatoms. The molecule has 2 N–H and O–H groups in total. The van der Waals surface area contributed by atoms with Crippen molar-refractivity contribution in [1.29, 1.82) is 0 Å². The summed E-state index contributed by atoms with van der Waals surface area (Å²) in [5.74, 6) is 0.0845. The quantitative estimate of drug-likeness (QED) is 0.729. The molecular weight excluding hydrogens is 228 g/mol. The lowest BCUT2D eigenvalue weighted by Crippen LogP contribution is -2.51. The van der Waals surface area contributed by atoms with Crippen molar-refractivity contribution in [3.63, 3.8) is 0 Å². The van der Waals surface area contributed by atoms with E-state index in [1.165, 1.54) is 0 Å². The molecule has 2 atom stereocenters. The number of carbonyl (C=O) groups is 1. The van der Waals surface area contributed by atoms with Crippen LogP contribution in [0.3, 0.4) is 0 Å². The number of rotatable bonds is 7. The number of ether oxygens (including phenoxy) is 1. The van der Waals surface area contributed by atoms with Gasteiger partial charge in [0.1, 0.15) is 0 Å². The fraction of sp³-hybridized carbons (Fsp3) is 0.929. The van der Waals surface area contributed by atoms with Gasteiger partial charge in [0, 0.05) is 11.6 Å². The average Bonchev–Trinajstić information content (AvgIpc) is 2.84. The van der Waals surface area contributed by atoms with Crippen molar-refractivity contribution >= 4 is 5.91 Å². The first kappa shape index (κ1) is 15.4. The van der Waals surface area contributed by atoms with E-state index < -0.39 is 0 Å². The van der Waals surface area contributed by atoms with Gasteiger partial charge in [-0.15, -0.1) is 0 Å². The summed E-state index contributed by atoms with van der Waals surface area (Å²) in [6.45, 7) is 10.6. The fourth-order valence-electron chi connectivity index (χ4n) is 2.16. The maximum atomic E-state index is 12.3. The average molecular weight is 256 g/mol. The normalized spacial score (nSPS) is 24.2. The molecule has 1 heterocycles. The summed E-state index contributed by atoms with van der Waals surface area (Å²) in [5, 5.41) is 6.58. The minimum Gasteiger partial charge on any atom is -0.379 e. The molecule has 1 amide bonds. The third kappa shape index (κ3) is 3.95. The van der Waals surface area contributed by atoms with Gasteiger partial charge >= 0.3 is 0 Å². The minimum atomic E-state index is -0.0883. The summed E-state index contributed by atoms with van der Waals surface area (Å²) < 4.78 is 5.45. The third-order valence-electron chi connectivity index (χ3n) is 4.06. The van der Waals surface area contributed by atoms with Crippen molar-refractivity contribution in [3.05, 3.63) is 0 Å². The van der Waals surface area contributed by atoms with Crippen molar-refractivity contribution in [3.8, 4) is 0 Å². The first-order chi connectivity index (χ1) is 8.56. The van der Waals surface area contributed by atoms with Gasteiger partial charge in [-0.25, -0.2) is 0 Å². The lowest BCUT2D eigenvalue weighted by Gasteiger charge is -2.30. The zero-order valence-electron chi connectivity index (χ0n) is 12.2. The van der Waals surface area contributed by atoms with Crippen molar-refractivity contribution in [2.75, 3.05) is 19.8 Å². The second-order valence-electron chi connectivity index (χ2n) is 5.46. The summed E-state index contributed by atoms with van der Waals surface area (Å²) in [6.07, 6.45) is 2.98. The topological polar surface area (TPSA) is 50.4 Å². The minimum absolute atomic E-state index is 0.0472. The Morgan fingerprint density at radius 3 is 2.50 bits per heavy atom. The Kier molecular flexibility index (Phi) is 6.09. The SMILES string of the molecule is CCCNC1COCC1C(=O)NC(C)(CC)CC. The van der Waals surface area contributed by atoms with Crippen LogP contribution in [0.2, 0.25) is 0 Å². The summed E-state index contributed by atoms with van der Waals surface area (Å²) >= 11 is 0. The Morgan fingerprint density at radius 2 is 1.94 bits per heavy atom. The van der Waals surface area contributed by atoms with Gasteiger partial charge < -0.3 is 15.4 Å². The van der Waals surface area contributed by atoms with E-state index in [9.17, 15) is 4.79 Å². The summed E-state index contributed by atoms with van der Waals surface area (Å²) in [5.41, 5.74) is -0.0883. The number of nitrogens with one attached hydrogen (secondary N) is 2. The molecule has 1 rings (SSSR count). The van der Waals surface area contributed by atoms with E-state index in [1.807, 2.05) is 0 Å². The van der Waals surface area contributed by atoms with Crippen molar-refractivity contribution < 1.29 is 9.53 Å². The molecule has 0 spiro atoms. The molecule has 1 fully saturated rings. The highest BCUT2D eigenvalue weighted by Gasteiger charge is 2.36. The standard InChI is InChI=1S/C14H28N2O2/c1-5-8-15-12-10-18-9-11(12)13(17)16-14(4,6-2)7-3/h11-12,15H,5-10H2,1-4H3,(H,16,17). The molecule has 0 aliphatic carbocycles. The molecule has 0 aromatic rings. The Hall–Kier alpha value is -0.610. The Morgan fingerprint density at radius 1 is 1.28 bits per heavy atom. The van der Waals surface area contributed by atoms with Crippen LogP contribution in [0.25, 0.3) is 0 Å². The van der Waals surface area contributed by atoms with Gasteiger partial charge in [-0.2, -0.15) is 0 Å². The van der Waals surface area contributed by atoms with Crippen LogP contribution in [0.1, 0.15) is 47.0 Å². The number of carbonyl (C=O) groups excluding carboxylic acids is 1. The van der Waals surface area contributed by atoms with Crippen LogP contribution in [0, 0.1) is 5.92 Å². The molecule has 0 saturated carbocycles. The highest BCUT2D eigenvalue weighted by Crippen LogP contribution is 2.19. The first-order valence-electron chi connectivity index (χ1n) is 7.19. The highest BCUT2D eigenvalue weighted by atomic mass is 16.5. The molecule has 1 aliphatic rings. The molecule has 1 saturated heterocycles. The molecule has 0 radical (unpaired) electrons. The van der Waals surface area contributed by atoms with Gasteiger partial charge in [-0.1, -0.05) is 20.8 Å². The predicted octanol–water partition coefficient (Wildman–Crippen LogP) is 1.70. The van der Waals surface area contributed by atoms with E-state index in [4.69, 9.17) is 4.74 Å². The first-order valence-corrected chi connectivity index (χ1v) is 7.19. The van der Waals surface area contributed by atoms with Gasteiger partial charge in [0.25, 0.3) is 0 Å². The van der Waals surface area contributed by atoms with Crippen LogP contribution in [0.15, 0.2) is 0 Å². The largest absolute Gasteiger partial charge is 0.379 e. The second-order valence-corrected chi connectivity index (χ2v) is 5.46. The van der Waals surface area contributed by atoms with E-state index in [-0.39, 0.29) is 23.4 Å². The number of hydrogen-bond acceptors (Lipinski definition) is 3. The summed E-state index contributed by atoms with van der Waals surface area (Å²) in [7, 11) is 0. The second kappa shape index (κ2) is 7.10. The predicted molar refractivity (Wildman–Crippen MR) is 73.5 cm³/mol. The molecule has 2 unspecified atom stereocenters. The molecule has 106 valence electrons. The molecule has 0 aromatic carbocycles. The van der Waals surface area contributed by atoms with Crippen LogP contribution >= 0.6 is 0 Å². The molecular formula is C14H28N2O2. The maximum absolute atomic E-state index is 12.3. The molecule has 0 bridgehead atoms.